The highest BCUT2D eigenvalue weighted by Gasteiger charge is 2.53. The van der Waals surface area contributed by atoms with E-state index >= 15 is 0 Å². The van der Waals surface area contributed by atoms with Crippen LogP contribution in [0, 0.1) is 23.7 Å². The van der Waals surface area contributed by atoms with Gasteiger partial charge in [-0.15, -0.1) is 0 Å². The first kappa shape index (κ1) is 13.9. The number of benzene rings is 1. The fraction of sp³-hybridized carbons (Fsp3) is 0.278. The van der Waals surface area contributed by atoms with Gasteiger partial charge in [0.05, 0.1) is 19.0 Å². The van der Waals surface area contributed by atoms with E-state index in [4.69, 9.17) is 4.74 Å². The van der Waals surface area contributed by atoms with E-state index in [1.165, 1.54) is 13.3 Å². The molecule has 4 unspecified atom stereocenters. The van der Waals surface area contributed by atoms with Gasteiger partial charge in [0, 0.05) is 23.3 Å². The molecule has 0 radical (unpaired) electrons. The molecule has 1 aromatic rings. The van der Waals surface area contributed by atoms with E-state index in [-0.39, 0.29) is 29.4 Å². The second-order valence-electron chi connectivity index (χ2n) is 5.97. The third kappa shape index (κ3) is 2.04. The van der Waals surface area contributed by atoms with E-state index < -0.39 is 0 Å². The number of phenolic OH excluding ortho intramolecular Hbond substituents is 1. The van der Waals surface area contributed by atoms with Gasteiger partial charge < -0.3 is 9.84 Å². The van der Waals surface area contributed by atoms with Crippen molar-refractivity contribution in [2.75, 3.05) is 7.11 Å². The van der Waals surface area contributed by atoms with Gasteiger partial charge >= 0.3 is 0 Å². The monoisotopic (exact) mass is 308 g/mol. The molecule has 0 heterocycles. The maximum absolute atomic E-state index is 12.1. The summed E-state index contributed by atoms with van der Waals surface area (Å²) in [4.78, 5) is 12.1. The molecule has 1 saturated carbocycles. The van der Waals surface area contributed by atoms with E-state index in [1.54, 1.807) is 18.2 Å². The van der Waals surface area contributed by atoms with Gasteiger partial charge in [0.25, 0.3) is 0 Å². The fourth-order valence-corrected chi connectivity index (χ4v) is 3.74. The van der Waals surface area contributed by atoms with Gasteiger partial charge in [-0.05, 0) is 24.1 Å². The Balaban J connectivity index is 1.57. The summed E-state index contributed by atoms with van der Waals surface area (Å²) in [5.41, 5.74) is 1.37. The van der Waals surface area contributed by atoms with Crippen molar-refractivity contribution in [3.05, 3.63) is 48.1 Å². The van der Waals surface area contributed by atoms with Crippen molar-refractivity contribution < 1.29 is 14.6 Å². The number of carbonyl (C=O) groups excluding carboxylic acids is 1. The maximum Gasteiger partial charge on any atom is 0.166 e. The Morgan fingerprint density at radius 3 is 2.87 bits per heavy atom. The normalized spacial score (nSPS) is 32.4. The van der Waals surface area contributed by atoms with Gasteiger partial charge in [-0.1, -0.05) is 24.3 Å². The van der Waals surface area contributed by atoms with Crippen molar-refractivity contribution in [2.24, 2.45) is 33.9 Å². The zero-order chi connectivity index (χ0) is 16.0. The van der Waals surface area contributed by atoms with Crippen molar-refractivity contribution in [1.82, 2.24) is 0 Å². The lowest BCUT2D eigenvalue weighted by molar-refractivity contribution is -0.121. The van der Waals surface area contributed by atoms with E-state index in [9.17, 15) is 9.90 Å². The summed E-state index contributed by atoms with van der Waals surface area (Å²) in [7, 11) is 1.50. The van der Waals surface area contributed by atoms with Crippen molar-refractivity contribution in [1.29, 1.82) is 0 Å². The summed E-state index contributed by atoms with van der Waals surface area (Å²) < 4.78 is 5.06. The minimum Gasteiger partial charge on any atom is -0.504 e. The summed E-state index contributed by atoms with van der Waals surface area (Å²) in [6, 6.07) is 5.19. The molecule has 1 fully saturated rings. The molecule has 0 saturated heterocycles. The highest BCUT2D eigenvalue weighted by molar-refractivity contribution is 6.08. The number of phenols is 1. The predicted molar refractivity (Wildman–Crippen MR) is 86.9 cm³/mol. The Kier molecular flexibility index (Phi) is 3.15. The van der Waals surface area contributed by atoms with Crippen LogP contribution in [0.2, 0.25) is 0 Å². The maximum atomic E-state index is 12.1. The zero-order valence-electron chi connectivity index (χ0n) is 12.6. The van der Waals surface area contributed by atoms with Gasteiger partial charge in [0.15, 0.2) is 11.5 Å². The van der Waals surface area contributed by atoms with Crippen LogP contribution < -0.4 is 4.74 Å². The summed E-state index contributed by atoms with van der Waals surface area (Å²) in [6.07, 6.45) is 9.52. The molecular formula is C18H16N2O3. The molecule has 5 nitrogen and oxygen atoms in total. The van der Waals surface area contributed by atoms with Crippen LogP contribution in [0.1, 0.15) is 5.56 Å². The number of Topliss-reactive ketones (excluding diaryl/α,β-unsaturated/α-hetero) is 1. The summed E-state index contributed by atoms with van der Waals surface area (Å²) in [5, 5.41) is 18.4. The SMILES string of the molecule is COc1cccc(/C=N/N=C2\C=CC3C4C=CC(C4=O)C23)c1O. The first-order chi connectivity index (χ1) is 11.2. The molecule has 0 amide bonds. The Hall–Kier alpha value is -2.69. The molecule has 0 aliphatic heterocycles. The number of allylic oxidation sites excluding steroid dienone is 4. The lowest BCUT2D eigenvalue weighted by Crippen LogP contribution is -2.20. The number of ether oxygens (including phenoxy) is 1. The molecule has 3 aliphatic rings. The van der Waals surface area contributed by atoms with Crippen molar-refractivity contribution in [3.63, 3.8) is 0 Å². The molecule has 116 valence electrons. The number of ketones is 1. The van der Waals surface area contributed by atoms with Crippen LogP contribution in [0.5, 0.6) is 11.5 Å². The molecule has 0 aromatic heterocycles. The predicted octanol–water partition coefficient (Wildman–Crippen LogP) is 2.36. The Morgan fingerprint density at radius 2 is 2.04 bits per heavy atom. The third-order valence-electron chi connectivity index (χ3n) is 4.85. The molecule has 5 heteroatoms. The minimum absolute atomic E-state index is 0.0142. The van der Waals surface area contributed by atoms with Crippen molar-refractivity contribution in [3.8, 4) is 11.5 Å². The molecule has 1 N–H and O–H groups in total. The molecule has 0 spiro atoms. The molecule has 1 aromatic carbocycles. The Morgan fingerprint density at radius 1 is 1.22 bits per heavy atom. The fourth-order valence-electron chi connectivity index (χ4n) is 3.74. The van der Waals surface area contributed by atoms with E-state index in [0.717, 1.165) is 5.71 Å². The molecular weight excluding hydrogens is 292 g/mol. The molecule has 4 rings (SSSR count). The number of carbonyl (C=O) groups is 1. The standard InChI is InChI=1S/C18H16N2O3/c1-23-15-4-2-3-10(17(15)21)9-19-20-14-8-7-11-12-5-6-13(16(11)14)18(12)22/h2-9,11-13,16,21H,1H3/b19-9+,20-14+. The van der Waals surface area contributed by atoms with Crippen LogP contribution in [0.4, 0.5) is 0 Å². The van der Waals surface area contributed by atoms with Crippen LogP contribution in [-0.4, -0.2) is 29.9 Å². The average molecular weight is 308 g/mol. The largest absolute Gasteiger partial charge is 0.504 e. The van der Waals surface area contributed by atoms with Gasteiger partial charge in [0.2, 0.25) is 0 Å². The van der Waals surface area contributed by atoms with Gasteiger partial charge in [0.1, 0.15) is 5.78 Å². The topological polar surface area (TPSA) is 71.2 Å². The van der Waals surface area contributed by atoms with E-state index in [2.05, 4.69) is 16.3 Å². The first-order valence-corrected chi connectivity index (χ1v) is 7.58. The number of fused-ring (bicyclic) bond motifs is 5. The quantitative estimate of drug-likeness (QED) is 0.529. The number of rotatable bonds is 3. The minimum atomic E-state index is -0.0563. The first-order valence-electron chi connectivity index (χ1n) is 7.58. The van der Waals surface area contributed by atoms with Gasteiger partial charge in [-0.3, -0.25) is 4.79 Å². The van der Waals surface area contributed by atoms with Crippen LogP contribution in [0.3, 0.4) is 0 Å². The highest BCUT2D eigenvalue weighted by atomic mass is 16.5. The number of nitrogens with zero attached hydrogens (tertiary/aromatic N) is 2. The van der Waals surface area contributed by atoms with Crippen molar-refractivity contribution >= 4 is 17.7 Å². The summed E-state index contributed by atoms with van der Waals surface area (Å²) in [5.74, 6) is 1.04. The smallest absolute Gasteiger partial charge is 0.166 e. The molecule has 3 aliphatic carbocycles. The van der Waals surface area contributed by atoms with Gasteiger partial charge in [-0.25, -0.2) is 0 Å². The van der Waals surface area contributed by atoms with E-state index in [0.29, 0.717) is 17.1 Å². The third-order valence-corrected chi connectivity index (χ3v) is 4.85. The van der Waals surface area contributed by atoms with Gasteiger partial charge in [-0.2, -0.15) is 10.2 Å². The number of aromatic hydroxyl groups is 1. The van der Waals surface area contributed by atoms with E-state index in [1.807, 2.05) is 18.2 Å². The Labute approximate surface area is 133 Å². The second-order valence-corrected chi connectivity index (χ2v) is 5.97. The van der Waals surface area contributed by atoms with Crippen molar-refractivity contribution in [2.45, 2.75) is 0 Å². The number of hydrogen-bond donors (Lipinski definition) is 1. The summed E-state index contributed by atoms with van der Waals surface area (Å²) in [6.45, 7) is 0. The lowest BCUT2D eigenvalue weighted by atomic mass is 9.85. The zero-order valence-corrected chi connectivity index (χ0v) is 12.6. The molecule has 4 atom stereocenters. The van der Waals surface area contributed by atoms with Crippen LogP contribution in [0.25, 0.3) is 0 Å². The average Bonchev–Trinajstić information content (AvgIpc) is 3.21. The molecule has 2 bridgehead atoms. The Bertz CT molecular complexity index is 791. The number of hydrogen-bond acceptors (Lipinski definition) is 5. The van der Waals surface area contributed by atoms with Crippen LogP contribution in [-0.2, 0) is 4.79 Å². The number of methoxy groups -OCH3 is 1. The lowest BCUT2D eigenvalue weighted by Gasteiger charge is -2.17. The van der Waals surface area contributed by atoms with Crippen LogP contribution >= 0.6 is 0 Å². The molecule has 23 heavy (non-hydrogen) atoms. The second kappa shape index (κ2) is 5.19. The summed E-state index contributed by atoms with van der Waals surface area (Å²) >= 11 is 0. The highest BCUT2D eigenvalue weighted by Crippen LogP contribution is 2.49. The van der Waals surface area contributed by atoms with Crippen LogP contribution in [0.15, 0.2) is 52.7 Å². The number of para-hydroxylation sites is 1.